The summed E-state index contributed by atoms with van der Waals surface area (Å²) >= 11 is 5.25. The summed E-state index contributed by atoms with van der Waals surface area (Å²) in [7, 11) is 0. The van der Waals surface area contributed by atoms with Gasteiger partial charge in [-0.1, -0.05) is 44.2 Å². The van der Waals surface area contributed by atoms with Crippen molar-refractivity contribution in [1.29, 1.82) is 0 Å². The molecule has 26 heavy (non-hydrogen) atoms. The number of carbonyl (C=O) groups excluding carboxylic acids is 1. The highest BCUT2D eigenvalue weighted by Crippen LogP contribution is 2.20. The van der Waals surface area contributed by atoms with E-state index < -0.39 is 0 Å². The summed E-state index contributed by atoms with van der Waals surface area (Å²) in [6, 6.07) is 13.8. The SMILES string of the molecule is CCc1ccc(OCC(=O)NNC(=S)Nc2c(C)cccc2CC)cc1. The lowest BCUT2D eigenvalue weighted by Crippen LogP contribution is -2.45. The molecule has 0 atom stereocenters. The van der Waals surface area contributed by atoms with Crippen LogP contribution in [0, 0.1) is 6.92 Å². The van der Waals surface area contributed by atoms with Crippen molar-refractivity contribution in [3.8, 4) is 5.75 Å². The molecule has 0 fully saturated rings. The molecule has 3 N–H and O–H groups in total. The van der Waals surface area contributed by atoms with Gasteiger partial charge in [-0.05, 0) is 60.8 Å². The van der Waals surface area contributed by atoms with Crippen molar-refractivity contribution in [2.24, 2.45) is 0 Å². The molecule has 6 heteroatoms. The van der Waals surface area contributed by atoms with Crippen molar-refractivity contribution in [1.82, 2.24) is 10.9 Å². The Bertz CT molecular complexity index is 760. The maximum absolute atomic E-state index is 11.9. The first kappa shape index (κ1) is 19.7. The molecular formula is C20H25N3O2S. The molecule has 0 aromatic heterocycles. The van der Waals surface area contributed by atoms with E-state index in [9.17, 15) is 4.79 Å². The summed E-state index contributed by atoms with van der Waals surface area (Å²) < 4.78 is 5.46. The Morgan fingerprint density at radius 3 is 2.42 bits per heavy atom. The van der Waals surface area contributed by atoms with E-state index in [0.717, 1.165) is 24.1 Å². The normalized spacial score (nSPS) is 10.1. The molecule has 138 valence electrons. The lowest BCUT2D eigenvalue weighted by Gasteiger charge is -2.16. The molecule has 0 radical (unpaired) electrons. The van der Waals surface area contributed by atoms with E-state index in [-0.39, 0.29) is 12.5 Å². The number of hydrogen-bond donors (Lipinski definition) is 3. The fourth-order valence-corrected chi connectivity index (χ4v) is 2.63. The van der Waals surface area contributed by atoms with E-state index in [1.54, 1.807) is 0 Å². The number of benzene rings is 2. The van der Waals surface area contributed by atoms with Gasteiger partial charge in [0.2, 0.25) is 0 Å². The topological polar surface area (TPSA) is 62.4 Å². The van der Waals surface area contributed by atoms with Crippen LogP contribution in [0.5, 0.6) is 5.75 Å². The highest BCUT2D eigenvalue weighted by molar-refractivity contribution is 7.80. The Kier molecular flexibility index (Phi) is 7.41. The van der Waals surface area contributed by atoms with Gasteiger partial charge in [0.25, 0.3) is 5.91 Å². The first-order valence-corrected chi connectivity index (χ1v) is 9.10. The molecule has 0 saturated heterocycles. The molecule has 0 spiro atoms. The second-order valence-electron chi connectivity index (χ2n) is 5.88. The third-order valence-electron chi connectivity index (χ3n) is 4.00. The van der Waals surface area contributed by atoms with Crippen molar-refractivity contribution in [3.63, 3.8) is 0 Å². The molecule has 0 aliphatic carbocycles. The smallest absolute Gasteiger partial charge is 0.276 e. The van der Waals surface area contributed by atoms with Crippen molar-refractivity contribution >= 4 is 28.9 Å². The molecule has 5 nitrogen and oxygen atoms in total. The van der Waals surface area contributed by atoms with Gasteiger partial charge >= 0.3 is 0 Å². The van der Waals surface area contributed by atoms with Crippen molar-refractivity contribution < 1.29 is 9.53 Å². The van der Waals surface area contributed by atoms with E-state index in [0.29, 0.717) is 10.9 Å². The zero-order valence-corrected chi connectivity index (χ0v) is 16.2. The minimum absolute atomic E-state index is 0.0916. The molecule has 2 aromatic carbocycles. The fourth-order valence-electron chi connectivity index (χ4n) is 2.48. The Morgan fingerprint density at radius 1 is 1.04 bits per heavy atom. The first-order valence-electron chi connectivity index (χ1n) is 8.69. The van der Waals surface area contributed by atoms with Crippen LogP contribution in [0.25, 0.3) is 0 Å². The van der Waals surface area contributed by atoms with Crippen molar-refractivity contribution in [2.75, 3.05) is 11.9 Å². The minimum Gasteiger partial charge on any atom is -0.484 e. The Labute approximate surface area is 160 Å². The van der Waals surface area contributed by atoms with Crippen LogP contribution >= 0.6 is 12.2 Å². The number of nitrogens with one attached hydrogen (secondary N) is 3. The number of carbonyl (C=O) groups is 1. The number of amides is 1. The molecule has 1 amide bonds. The second-order valence-corrected chi connectivity index (χ2v) is 6.28. The van der Waals surface area contributed by atoms with E-state index in [4.69, 9.17) is 17.0 Å². The van der Waals surface area contributed by atoms with Crippen LogP contribution in [0.15, 0.2) is 42.5 Å². The molecule has 0 saturated carbocycles. The number of thiocarbonyl (C=S) groups is 1. The fraction of sp³-hybridized carbons (Fsp3) is 0.300. The monoisotopic (exact) mass is 371 g/mol. The molecule has 0 aliphatic heterocycles. The van der Waals surface area contributed by atoms with Gasteiger partial charge in [0.15, 0.2) is 11.7 Å². The predicted molar refractivity (Wildman–Crippen MR) is 109 cm³/mol. The predicted octanol–water partition coefficient (Wildman–Crippen LogP) is 3.52. The maximum Gasteiger partial charge on any atom is 0.276 e. The van der Waals surface area contributed by atoms with Crippen molar-refractivity contribution in [2.45, 2.75) is 33.6 Å². The summed E-state index contributed by atoms with van der Waals surface area (Å²) in [5.74, 6) is 0.347. The van der Waals surface area contributed by atoms with Crippen LogP contribution in [0.1, 0.15) is 30.5 Å². The summed E-state index contributed by atoms with van der Waals surface area (Å²) in [6.45, 7) is 6.10. The Hall–Kier alpha value is -2.60. The zero-order valence-electron chi connectivity index (χ0n) is 15.4. The van der Waals surface area contributed by atoms with Gasteiger partial charge in [0, 0.05) is 5.69 Å². The van der Waals surface area contributed by atoms with Gasteiger partial charge in [0.1, 0.15) is 5.75 Å². The molecule has 0 unspecified atom stereocenters. The van der Waals surface area contributed by atoms with E-state index in [1.165, 1.54) is 11.1 Å². The Morgan fingerprint density at radius 2 is 1.77 bits per heavy atom. The number of rotatable bonds is 6. The van der Waals surface area contributed by atoms with Gasteiger partial charge in [-0.25, -0.2) is 0 Å². The van der Waals surface area contributed by atoms with E-state index in [1.807, 2.05) is 49.4 Å². The lowest BCUT2D eigenvalue weighted by atomic mass is 10.1. The van der Waals surface area contributed by atoms with Gasteiger partial charge in [-0.2, -0.15) is 0 Å². The molecule has 2 aromatic rings. The van der Waals surface area contributed by atoms with Gasteiger partial charge in [0.05, 0.1) is 0 Å². The highest BCUT2D eigenvalue weighted by Gasteiger charge is 2.07. The molecule has 2 rings (SSSR count). The van der Waals surface area contributed by atoms with E-state index in [2.05, 4.69) is 30.0 Å². The number of para-hydroxylation sites is 1. The van der Waals surface area contributed by atoms with Crippen LogP contribution in [-0.4, -0.2) is 17.6 Å². The van der Waals surface area contributed by atoms with Crippen LogP contribution in [-0.2, 0) is 17.6 Å². The minimum atomic E-state index is -0.311. The molecular weight excluding hydrogens is 346 g/mol. The van der Waals surface area contributed by atoms with Crippen LogP contribution in [0.2, 0.25) is 0 Å². The average Bonchev–Trinajstić information content (AvgIpc) is 2.66. The number of aryl methyl sites for hydroxylation is 3. The first-order chi connectivity index (χ1) is 12.5. The van der Waals surface area contributed by atoms with Crippen LogP contribution in [0.4, 0.5) is 5.69 Å². The number of hydrogen-bond acceptors (Lipinski definition) is 3. The van der Waals surface area contributed by atoms with Crippen LogP contribution in [0.3, 0.4) is 0 Å². The van der Waals surface area contributed by atoms with E-state index >= 15 is 0 Å². The van der Waals surface area contributed by atoms with Gasteiger partial charge in [-0.3, -0.25) is 15.6 Å². The third-order valence-corrected chi connectivity index (χ3v) is 4.20. The third kappa shape index (κ3) is 5.74. The number of hydrazine groups is 1. The Balaban J connectivity index is 1.79. The zero-order chi connectivity index (χ0) is 18.9. The molecule has 0 aliphatic rings. The average molecular weight is 372 g/mol. The summed E-state index contributed by atoms with van der Waals surface area (Å²) in [4.78, 5) is 11.9. The number of anilines is 1. The lowest BCUT2D eigenvalue weighted by molar-refractivity contribution is -0.123. The molecule has 0 heterocycles. The van der Waals surface area contributed by atoms with Gasteiger partial charge < -0.3 is 10.1 Å². The largest absolute Gasteiger partial charge is 0.484 e. The quantitative estimate of drug-likeness (QED) is 0.536. The molecule has 0 bridgehead atoms. The highest BCUT2D eigenvalue weighted by atomic mass is 32.1. The van der Waals surface area contributed by atoms with Crippen molar-refractivity contribution in [3.05, 3.63) is 59.2 Å². The van der Waals surface area contributed by atoms with Gasteiger partial charge in [-0.15, -0.1) is 0 Å². The number of ether oxygens (including phenoxy) is 1. The van der Waals surface area contributed by atoms with Crippen LogP contribution < -0.4 is 20.9 Å². The summed E-state index contributed by atoms with van der Waals surface area (Å²) in [5.41, 5.74) is 9.69. The standard InChI is InChI=1S/C20H25N3O2S/c1-4-15-9-11-17(12-10-15)25-13-18(24)22-23-20(26)21-19-14(3)7-6-8-16(19)5-2/h6-12H,4-5,13H2,1-3H3,(H,22,24)(H2,21,23,26). The summed E-state index contributed by atoms with van der Waals surface area (Å²) in [6.07, 6.45) is 1.86. The maximum atomic E-state index is 11.9. The second kappa shape index (κ2) is 9.77. The summed E-state index contributed by atoms with van der Waals surface area (Å²) in [5, 5.41) is 3.46.